The van der Waals surface area contributed by atoms with Crippen molar-refractivity contribution in [3.63, 3.8) is 0 Å². The zero-order chi connectivity index (χ0) is 10.7. The van der Waals surface area contributed by atoms with Gasteiger partial charge in [0.25, 0.3) is 0 Å². The summed E-state index contributed by atoms with van der Waals surface area (Å²) in [7, 11) is 0. The van der Waals surface area contributed by atoms with Gasteiger partial charge < -0.3 is 5.11 Å². The minimum Gasteiger partial charge on any atom is -0.512 e. The lowest BCUT2D eigenvalue weighted by atomic mass is 9.97. The topological polar surface area (TPSA) is 20.2 Å². The molecule has 0 aromatic heterocycles. The van der Waals surface area contributed by atoms with Gasteiger partial charge in [-0.2, -0.15) is 0 Å². The van der Waals surface area contributed by atoms with E-state index in [0.717, 1.165) is 30.4 Å². The van der Waals surface area contributed by atoms with Crippen LogP contribution in [0.1, 0.15) is 30.9 Å². The molecule has 1 aliphatic carbocycles. The van der Waals surface area contributed by atoms with Crippen molar-refractivity contribution >= 4 is 5.57 Å². The molecule has 0 radical (unpaired) electrons. The molecule has 1 aromatic carbocycles. The number of hydrogen-bond acceptors (Lipinski definition) is 1. The molecular weight excluding hydrogens is 184 g/mol. The SMILES string of the molecule is CCc1ccc(C2=C(O)CCC=C2)cc1. The Labute approximate surface area is 90.8 Å². The summed E-state index contributed by atoms with van der Waals surface area (Å²) < 4.78 is 0. The van der Waals surface area contributed by atoms with Crippen LogP contribution in [-0.4, -0.2) is 5.11 Å². The number of aryl methyl sites for hydroxylation is 1. The summed E-state index contributed by atoms with van der Waals surface area (Å²) in [6.07, 6.45) is 6.90. The van der Waals surface area contributed by atoms with E-state index in [2.05, 4.69) is 37.3 Å². The summed E-state index contributed by atoms with van der Waals surface area (Å²) in [5.74, 6) is 0.516. The molecule has 0 amide bonds. The average molecular weight is 200 g/mol. The molecule has 0 atom stereocenters. The molecule has 1 nitrogen and oxygen atoms in total. The molecule has 0 saturated carbocycles. The van der Waals surface area contributed by atoms with Crippen molar-refractivity contribution in [3.05, 3.63) is 53.3 Å². The number of aliphatic hydroxyl groups is 1. The molecule has 78 valence electrons. The number of hydrogen-bond donors (Lipinski definition) is 1. The summed E-state index contributed by atoms with van der Waals surface area (Å²) >= 11 is 0. The highest BCUT2D eigenvalue weighted by molar-refractivity contribution is 5.76. The van der Waals surface area contributed by atoms with Gasteiger partial charge in [-0.25, -0.2) is 0 Å². The third-order valence-electron chi connectivity index (χ3n) is 2.82. The van der Waals surface area contributed by atoms with Crippen LogP contribution in [0.15, 0.2) is 42.2 Å². The number of benzene rings is 1. The van der Waals surface area contributed by atoms with Crippen molar-refractivity contribution < 1.29 is 5.11 Å². The van der Waals surface area contributed by atoms with Crippen LogP contribution in [0.5, 0.6) is 0 Å². The van der Waals surface area contributed by atoms with Crippen molar-refractivity contribution in [2.75, 3.05) is 0 Å². The normalized spacial score (nSPS) is 15.8. The van der Waals surface area contributed by atoms with E-state index >= 15 is 0 Å². The van der Waals surface area contributed by atoms with Crippen LogP contribution in [0.4, 0.5) is 0 Å². The van der Waals surface area contributed by atoms with Crippen LogP contribution in [0.3, 0.4) is 0 Å². The van der Waals surface area contributed by atoms with Gasteiger partial charge in [-0.1, -0.05) is 43.3 Å². The Bertz CT molecular complexity index is 396. The minimum atomic E-state index is 0.516. The van der Waals surface area contributed by atoms with E-state index in [1.165, 1.54) is 5.56 Å². The lowest BCUT2D eigenvalue weighted by Gasteiger charge is -2.11. The molecule has 0 spiro atoms. The standard InChI is InChI=1S/C14H16O/c1-2-11-7-9-12(10-8-11)13-5-3-4-6-14(13)15/h3,5,7-10,15H,2,4,6H2,1H3. The first kappa shape index (κ1) is 10.0. The van der Waals surface area contributed by atoms with Crippen LogP contribution < -0.4 is 0 Å². The summed E-state index contributed by atoms with van der Waals surface area (Å²) in [6, 6.07) is 8.41. The Kier molecular flexibility index (Phi) is 2.91. The molecule has 15 heavy (non-hydrogen) atoms. The molecule has 1 aliphatic rings. The van der Waals surface area contributed by atoms with E-state index in [1.807, 2.05) is 6.08 Å². The van der Waals surface area contributed by atoms with Crippen LogP contribution in [0.2, 0.25) is 0 Å². The first-order chi connectivity index (χ1) is 7.31. The Morgan fingerprint density at radius 3 is 2.53 bits per heavy atom. The molecule has 0 aliphatic heterocycles. The maximum atomic E-state index is 9.78. The monoisotopic (exact) mass is 200 g/mol. The molecule has 0 saturated heterocycles. The third kappa shape index (κ3) is 2.12. The predicted molar refractivity (Wildman–Crippen MR) is 63.7 cm³/mol. The maximum Gasteiger partial charge on any atom is 0.100 e. The Hall–Kier alpha value is -1.50. The first-order valence-corrected chi connectivity index (χ1v) is 5.49. The largest absolute Gasteiger partial charge is 0.512 e. The predicted octanol–water partition coefficient (Wildman–Crippen LogP) is 3.87. The van der Waals surface area contributed by atoms with E-state index in [1.54, 1.807) is 0 Å². The average Bonchev–Trinajstić information content (AvgIpc) is 2.30. The molecule has 1 heteroatoms. The fourth-order valence-corrected chi connectivity index (χ4v) is 1.83. The van der Waals surface area contributed by atoms with Gasteiger partial charge in [0.15, 0.2) is 0 Å². The van der Waals surface area contributed by atoms with Crippen molar-refractivity contribution in [3.8, 4) is 0 Å². The van der Waals surface area contributed by atoms with Gasteiger partial charge in [-0.05, 0) is 24.0 Å². The van der Waals surface area contributed by atoms with Gasteiger partial charge in [-0.15, -0.1) is 0 Å². The number of rotatable bonds is 2. The quantitative estimate of drug-likeness (QED) is 0.768. The molecule has 1 aromatic rings. The van der Waals surface area contributed by atoms with Crippen LogP contribution in [0, 0.1) is 0 Å². The highest BCUT2D eigenvalue weighted by Gasteiger charge is 2.08. The lowest BCUT2D eigenvalue weighted by molar-refractivity contribution is 0.391. The lowest BCUT2D eigenvalue weighted by Crippen LogP contribution is -1.94. The van der Waals surface area contributed by atoms with Crippen LogP contribution in [-0.2, 0) is 6.42 Å². The molecular formula is C14H16O. The van der Waals surface area contributed by atoms with Gasteiger partial charge in [0.05, 0.1) is 0 Å². The van der Waals surface area contributed by atoms with E-state index in [4.69, 9.17) is 0 Å². The highest BCUT2D eigenvalue weighted by atomic mass is 16.3. The van der Waals surface area contributed by atoms with Gasteiger partial charge in [0, 0.05) is 12.0 Å². The zero-order valence-electron chi connectivity index (χ0n) is 9.03. The molecule has 0 bridgehead atoms. The highest BCUT2D eigenvalue weighted by Crippen LogP contribution is 2.25. The summed E-state index contributed by atoms with van der Waals surface area (Å²) in [5.41, 5.74) is 3.42. The molecule has 0 heterocycles. The Morgan fingerprint density at radius 2 is 1.93 bits per heavy atom. The van der Waals surface area contributed by atoms with Crippen LogP contribution >= 0.6 is 0 Å². The zero-order valence-corrected chi connectivity index (χ0v) is 9.03. The number of aliphatic hydroxyl groups excluding tert-OH is 1. The summed E-state index contributed by atoms with van der Waals surface area (Å²) in [4.78, 5) is 0. The number of allylic oxidation sites excluding steroid dienone is 4. The van der Waals surface area contributed by atoms with E-state index in [0.29, 0.717) is 5.76 Å². The van der Waals surface area contributed by atoms with Crippen molar-refractivity contribution in [2.24, 2.45) is 0 Å². The summed E-state index contributed by atoms with van der Waals surface area (Å²) in [6.45, 7) is 2.15. The maximum absolute atomic E-state index is 9.78. The second kappa shape index (κ2) is 4.35. The van der Waals surface area contributed by atoms with Crippen molar-refractivity contribution in [2.45, 2.75) is 26.2 Å². The Balaban J connectivity index is 2.33. The van der Waals surface area contributed by atoms with Crippen molar-refractivity contribution in [1.82, 2.24) is 0 Å². The molecule has 1 N–H and O–H groups in total. The van der Waals surface area contributed by atoms with E-state index in [9.17, 15) is 5.11 Å². The second-order valence-electron chi connectivity index (χ2n) is 3.85. The van der Waals surface area contributed by atoms with Crippen molar-refractivity contribution in [1.29, 1.82) is 0 Å². The molecule has 0 unspecified atom stereocenters. The Morgan fingerprint density at radius 1 is 1.20 bits per heavy atom. The smallest absolute Gasteiger partial charge is 0.100 e. The van der Waals surface area contributed by atoms with E-state index < -0.39 is 0 Å². The fourth-order valence-electron chi connectivity index (χ4n) is 1.83. The van der Waals surface area contributed by atoms with Gasteiger partial charge in [0.1, 0.15) is 5.76 Å². The summed E-state index contributed by atoms with van der Waals surface area (Å²) in [5, 5.41) is 9.78. The molecule has 0 fully saturated rings. The second-order valence-corrected chi connectivity index (χ2v) is 3.85. The minimum absolute atomic E-state index is 0.516. The third-order valence-corrected chi connectivity index (χ3v) is 2.82. The molecule has 2 rings (SSSR count). The van der Waals surface area contributed by atoms with E-state index in [-0.39, 0.29) is 0 Å². The van der Waals surface area contributed by atoms with Crippen LogP contribution in [0.25, 0.3) is 5.57 Å². The first-order valence-electron chi connectivity index (χ1n) is 5.49. The van der Waals surface area contributed by atoms with Gasteiger partial charge >= 0.3 is 0 Å². The van der Waals surface area contributed by atoms with Gasteiger partial charge in [0.2, 0.25) is 0 Å². The fraction of sp³-hybridized carbons (Fsp3) is 0.286. The van der Waals surface area contributed by atoms with Gasteiger partial charge in [-0.3, -0.25) is 0 Å².